The smallest absolute Gasteiger partial charge is 0.257 e. The first-order valence-electron chi connectivity index (χ1n) is 13.6. The normalized spacial score (nSPS) is 11.1. The number of likely N-dealkylation sites (N-methyl/N-ethyl adjacent to an activating group) is 1. The van der Waals surface area contributed by atoms with Crippen molar-refractivity contribution in [3.05, 3.63) is 100 Å². The molecular formula is C33H34N4O5. The van der Waals surface area contributed by atoms with E-state index in [0.717, 1.165) is 36.6 Å². The number of methoxy groups -OCH3 is 3. The fourth-order valence-corrected chi connectivity index (χ4v) is 4.99. The number of carbonyl (C=O) groups excluding carboxylic acids is 1. The van der Waals surface area contributed by atoms with Crippen LogP contribution in [0.3, 0.4) is 0 Å². The van der Waals surface area contributed by atoms with Gasteiger partial charge in [-0.05, 0) is 73.3 Å². The van der Waals surface area contributed by atoms with Gasteiger partial charge in [0.2, 0.25) is 0 Å². The maximum absolute atomic E-state index is 13.3. The maximum atomic E-state index is 13.3. The summed E-state index contributed by atoms with van der Waals surface area (Å²) in [4.78, 5) is 31.9. The highest BCUT2D eigenvalue weighted by atomic mass is 16.5. The number of anilines is 2. The third-order valence-corrected chi connectivity index (χ3v) is 7.16. The van der Waals surface area contributed by atoms with Crippen molar-refractivity contribution in [2.24, 2.45) is 0 Å². The summed E-state index contributed by atoms with van der Waals surface area (Å²) in [6.45, 7) is 2.34. The number of nitrogens with zero attached hydrogens (tertiary/aromatic N) is 1. The molecular weight excluding hydrogens is 532 g/mol. The molecule has 0 bridgehead atoms. The van der Waals surface area contributed by atoms with Gasteiger partial charge in [0.05, 0.1) is 37.9 Å². The molecule has 4 aromatic carbocycles. The third-order valence-electron chi connectivity index (χ3n) is 7.16. The number of amides is 1. The highest BCUT2D eigenvalue weighted by molar-refractivity contribution is 6.13. The highest BCUT2D eigenvalue weighted by Crippen LogP contribution is 2.28. The van der Waals surface area contributed by atoms with Crippen LogP contribution in [0.25, 0.3) is 21.8 Å². The molecule has 1 heterocycles. The van der Waals surface area contributed by atoms with Crippen molar-refractivity contribution in [2.45, 2.75) is 6.54 Å². The average molecular weight is 567 g/mol. The Balaban J connectivity index is 1.21. The number of rotatable bonds is 11. The molecule has 0 aliphatic heterocycles. The Morgan fingerprint density at radius 2 is 1.45 bits per heavy atom. The van der Waals surface area contributed by atoms with E-state index in [1.807, 2.05) is 42.5 Å². The summed E-state index contributed by atoms with van der Waals surface area (Å²) in [6.07, 6.45) is 0. The number of benzene rings is 4. The van der Waals surface area contributed by atoms with Crippen molar-refractivity contribution in [2.75, 3.05) is 52.1 Å². The number of H-pyrrole nitrogens is 1. The van der Waals surface area contributed by atoms with Gasteiger partial charge in [-0.25, -0.2) is 0 Å². The van der Waals surface area contributed by atoms with Crippen LogP contribution in [0.4, 0.5) is 11.4 Å². The van der Waals surface area contributed by atoms with Crippen LogP contribution in [0.2, 0.25) is 0 Å². The molecule has 0 fully saturated rings. The van der Waals surface area contributed by atoms with Crippen LogP contribution in [-0.2, 0) is 6.54 Å². The molecule has 0 saturated heterocycles. The van der Waals surface area contributed by atoms with Crippen molar-refractivity contribution in [1.29, 1.82) is 0 Å². The monoisotopic (exact) mass is 566 g/mol. The minimum Gasteiger partial charge on any atom is -0.495 e. The standard InChI is InChI=1S/C33H34N4O5/c1-37(20-21-11-16-27(40-2)29(19-21)42-4)18-17-34-22-12-14-23(15-13-22)35-33(39)26-9-5-7-24-30(26)36-31-25(32(24)38)8-6-10-28(31)41-3/h5-16,19,34H,17-18,20H2,1-4H3,(H,35,39)(H,36,38). The minimum absolute atomic E-state index is 0.155. The quantitative estimate of drug-likeness (QED) is 0.181. The second-order valence-corrected chi connectivity index (χ2v) is 9.95. The van der Waals surface area contributed by atoms with Crippen molar-refractivity contribution in [3.63, 3.8) is 0 Å². The van der Waals surface area contributed by atoms with Gasteiger partial charge in [-0.3, -0.25) is 9.59 Å². The second-order valence-electron chi connectivity index (χ2n) is 9.95. The second kappa shape index (κ2) is 12.7. The summed E-state index contributed by atoms with van der Waals surface area (Å²) in [5.74, 6) is 1.66. The number of aromatic nitrogens is 1. The predicted octanol–water partition coefficient (Wildman–Crippen LogP) is 5.50. The van der Waals surface area contributed by atoms with Gasteiger partial charge >= 0.3 is 0 Å². The Bertz CT molecular complexity index is 1780. The van der Waals surface area contributed by atoms with Crippen molar-refractivity contribution < 1.29 is 19.0 Å². The molecule has 0 aliphatic carbocycles. The predicted molar refractivity (Wildman–Crippen MR) is 167 cm³/mol. The van der Waals surface area contributed by atoms with Crippen molar-refractivity contribution >= 4 is 39.1 Å². The summed E-state index contributed by atoms with van der Waals surface area (Å²) < 4.78 is 16.2. The zero-order chi connectivity index (χ0) is 29.6. The fraction of sp³-hybridized carbons (Fsp3) is 0.212. The summed E-state index contributed by atoms with van der Waals surface area (Å²) in [7, 11) is 6.88. The van der Waals surface area contributed by atoms with E-state index in [2.05, 4.69) is 27.6 Å². The summed E-state index contributed by atoms with van der Waals surface area (Å²) in [5, 5.41) is 7.32. The molecule has 0 radical (unpaired) electrons. The molecule has 1 aromatic heterocycles. The van der Waals surface area contributed by atoms with E-state index in [0.29, 0.717) is 44.6 Å². The van der Waals surface area contributed by atoms with Crippen LogP contribution in [0.1, 0.15) is 15.9 Å². The largest absolute Gasteiger partial charge is 0.495 e. The van der Waals surface area contributed by atoms with E-state index in [1.165, 1.54) is 0 Å². The Kier molecular flexibility index (Phi) is 8.59. The SMILES string of the molecule is COc1ccc(CN(C)CCNc2ccc(NC(=O)c3cccc4c(=O)c5cccc(OC)c5[nH]c34)cc2)cc1OC. The molecule has 5 aromatic rings. The lowest BCUT2D eigenvalue weighted by Gasteiger charge is -2.18. The Hall–Kier alpha value is -5.02. The Morgan fingerprint density at radius 1 is 0.786 bits per heavy atom. The molecule has 42 heavy (non-hydrogen) atoms. The van der Waals surface area contributed by atoms with Crippen molar-refractivity contribution in [3.8, 4) is 17.2 Å². The van der Waals surface area contributed by atoms with Gasteiger partial charge < -0.3 is 34.7 Å². The Morgan fingerprint density at radius 3 is 2.17 bits per heavy atom. The number of pyridine rings is 1. The summed E-state index contributed by atoms with van der Waals surface area (Å²) in [6, 6.07) is 23.9. The van der Waals surface area contributed by atoms with Crippen LogP contribution in [0, 0.1) is 0 Å². The zero-order valence-corrected chi connectivity index (χ0v) is 24.1. The minimum atomic E-state index is -0.317. The molecule has 0 spiro atoms. The van der Waals surface area contributed by atoms with Crippen LogP contribution >= 0.6 is 0 Å². The summed E-state index contributed by atoms with van der Waals surface area (Å²) in [5.41, 5.74) is 3.97. The molecule has 5 rings (SSSR count). The number of para-hydroxylation sites is 2. The first-order valence-corrected chi connectivity index (χ1v) is 13.6. The number of ether oxygens (including phenoxy) is 3. The van der Waals surface area contributed by atoms with Crippen LogP contribution in [-0.4, -0.2) is 57.3 Å². The van der Waals surface area contributed by atoms with E-state index in [9.17, 15) is 9.59 Å². The molecule has 0 unspecified atom stereocenters. The first-order chi connectivity index (χ1) is 20.4. The molecule has 9 nitrogen and oxygen atoms in total. The maximum Gasteiger partial charge on any atom is 0.257 e. The molecule has 0 aliphatic rings. The lowest BCUT2D eigenvalue weighted by atomic mass is 10.1. The van der Waals surface area contributed by atoms with E-state index >= 15 is 0 Å². The van der Waals surface area contributed by atoms with Crippen LogP contribution in [0.5, 0.6) is 17.2 Å². The van der Waals surface area contributed by atoms with Gasteiger partial charge in [-0.2, -0.15) is 0 Å². The average Bonchev–Trinajstić information content (AvgIpc) is 3.01. The van der Waals surface area contributed by atoms with Crippen LogP contribution < -0.4 is 30.3 Å². The van der Waals surface area contributed by atoms with Gasteiger partial charge in [0.15, 0.2) is 16.9 Å². The molecule has 9 heteroatoms. The first kappa shape index (κ1) is 28.5. The van der Waals surface area contributed by atoms with Gasteiger partial charge in [-0.15, -0.1) is 0 Å². The number of aromatic amines is 1. The number of hydrogen-bond donors (Lipinski definition) is 3. The fourth-order valence-electron chi connectivity index (χ4n) is 4.99. The molecule has 3 N–H and O–H groups in total. The molecule has 1 amide bonds. The third kappa shape index (κ3) is 6.01. The topological polar surface area (TPSA) is 105 Å². The van der Waals surface area contributed by atoms with E-state index in [-0.39, 0.29) is 11.3 Å². The Labute approximate surface area is 244 Å². The summed E-state index contributed by atoms with van der Waals surface area (Å²) >= 11 is 0. The number of carbonyl (C=O) groups is 1. The van der Waals surface area contributed by atoms with Gasteiger partial charge in [0, 0.05) is 41.8 Å². The molecule has 0 saturated carbocycles. The highest BCUT2D eigenvalue weighted by Gasteiger charge is 2.16. The lowest BCUT2D eigenvalue weighted by Crippen LogP contribution is -2.24. The van der Waals surface area contributed by atoms with E-state index < -0.39 is 0 Å². The van der Waals surface area contributed by atoms with Crippen molar-refractivity contribution in [1.82, 2.24) is 9.88 Å². The number of nitrogens with one attached hydrogen (secondary N) is 3. The van der Waals surface area contributed by atoms with E-state index in [1.54, 1.807) is 57.7 Å². The van der Waals surface area contributed by atoms with Gasteiger partial charge in [0.25, 0.3) is 5.91 Å². The lowest BCUT2D eigenvalue weighted by molar-refractivity contribution is 0.102. The molecule has 216 valence electrons. The van der Waals surface area contributed by atoms with Gasteiger partial charge in [0.1, 0.15) is 5.75 Å². The number of hydrogen-bond acceptors (Lipinski definition) is 7. The molecule has 0 atom stereocenters. The van der Waals surface area contributed by atoms with Gasteiger partial charge in [-0.1, -0.05) is 18.2 Å². The van der Waals surface area contributed by atoms with Crippen LogP contribution in [0.15, 0.2) is 83.7 Å². The van der Waals surface area contributed by atoms with E-state index in [4.69, 9.17) is 14.2 Å². The number of fused-ring (bicyclic) bond motifs is 2. The zero-order valence-electron chi connectivity index (χ0n) is 24.1.